The molecule has 0 aromatic heterocycles. The van der Waals surface area contributed by atoms with Crippen LogP contribution in [-0.4, -0.2) is 40.9 Å². The fraction of sp³-hybridized carbons (Fsp3) is 0.529. The molecule has 0 bridgehead atoms. The summed E-state index contributed by atoms with van der Waals surface area (Å²) in [5.41, 5.74) is 5.25. The number of nitrogens with zero attached hydrogens (tertiary/aromatic N) is 1. The van der Waals surface area contributed by atoms with Gasteiger partial charge in [0.15, 0.2) is 0 Å². The second kappa shape index (κ2) is 6.08. The Balaban J connectivity index is 2.15. The van der Waals surface area contributed by atoms with Gasteiger partial charge >= 0.3 is 0 Å². The van der Waals surface area contributed by atoms with Crippen molar-refractivity contribution >= 4 is 11.8 Å². The highest BCUT2D eigenvalue weighted by Gasteiger charge is 2.45. The molecule has 3 N–H and O–H groups in total. The minimum Gasteiger partial charge on any atom is -0.352 e. The molecule has 0 saturated carbocycles. The number of carbonyl (C=O) groups excluding carboxylic acids is 2. The van der Waals surface area contributed by atoms with Crippen molar-refractivity contribution in [3.05, 3.63) is 35.9 Å². The molecule has 2 amide bonds. The molecule has 1 atom stereocenters. The molecule has 0 aliphatic carbocycles. The molecule has 1 unspecified atom stereocenters. The van der Waals surface area contributed by atoms with E-state index >= 15 is 0 Å². The van der Waals surface area contributed by atoms with Crippen LogP contribution in [0.2, 0.25) is 0 Å². The summed E-state index contributed by atoms with van der Waals surface area (Å²) < 4.78 is 0. The van der Waals surface area contributed by atoms with Gasteiger partial charge in [0.2, 0.25) is 5.91 Å². The molecule has 1 aromatic rings. The highest BCUT2D eigenvalue weighted by molar-refractivity contribution is 5.99. The van der Waals surface area contributed by atoms with Crippen LogP contribution in [0.1, 0.15) is 44.0 Å². The Morgan fingerprint density at radius 2 is 1.95 bits per heavy atom. The second-order valence-corrected chi connectivity index (χ2v) is 6.87. The first-order valence-corrected chi connectivity index (χ1v) is 7.68. The minimum atomic E-state index is -0.807. The van der Waals surface area contributed by atoms with Gasteiger partial charge < -0.3 is 16.0 Å². The molecule has 1 aliphatic rings. The first-order chi connectivity index (χ1) is 10.2. The van der Waals surface area contributed by atoms with Gasteiger partial charge in [-0.2, -0.15) is 0 Å². The summed E-state index contributed by atoms with van der Waals surface area (Å²) in [5.74, 6) is -0.226. The van der Waals surface area contributed by atoms with Crippen molar-refractivity contribution in [2.45, 2.75) is 44.7 Å². The number of amides is 2. The normalized spacial score (nSPS) is 21.7. The van der Waals surface area contributed by atoms with Crippen LogP contribution in [-0.2, 0) is 4.79 Å². The van der Waals surface area contributed by atoms with Crippen molar-refractivity contribution in [3.63, 3.8) is 0 Å². The van der Waals surface area contributed by atoms with Gasteiger partial charge in [-0.25, -0.2) is 0 Å². The minimum absolute atomic E-state index is 0.0947. The van der Waals surface area contributed by atoms with Gasteiger partial charge in [-0.3, -0.25) is 9.59 Å². The van der Waals surface area contributed by atoms with Gasteiger partial charge in [-0.05, 0) is 45.7 Å². The van der Waals surface area contributed by atoms with E-state index in [1.165, 1.54) is 0 Å². The van der Waals surface area contributed by atoms with Gasteiger partial charge in [-0.1, -0.05) is 18.2 Å². The topological polar surface area (TPSA) is 75.4 Å². The van der Waals surface area contributed by atoms with Crippen LogP contribution in [0.5, 0.6) is 0 Å². The fourth-order valence-electron chi connectivity index (χ4n) is 2.76. The molecule has 1 aliphatic heterocycles. The van der Waals surface area contributed by atoms with Crippen LogP contribution in [0.4, 0.5) is 0 Å². The van der Waals surface area contributed by atoms with Crippen LogP contribution < -0.4 is 11.1 Å². The molecule has 1 aromatic carbocycles. The Kier molecular flexibility index (Phi) is 4.56. The van der Waals surface area contributed by atoms with Crippen LogP contribution >= 0.6 is 0 Å². The van der Waals surface area contributed by atoms with Crippen molar-refractivity contribution in [1.29, 1.82) is 0 Å². The Morgan fingerprint density at radius 1 is 1.32 bits per heavy atom. The molecule has 5 nitrogen and oxygen atoms in total. The molecule has 5 heteroatoms. The lowest BCUT2D eigenvalue weighted by Gasteiger charge is -2.35. The molecular weight excluding hydrogens is 278 g/mol. The molecule has 22 heavy (non-hydrogen) atoms. The molecule has 1 heterocycles. The maximum absolute atomic E-state index is 12.7. The van der Waals surface area contributed by atoms with Crippen LogP contribution in [0.3, 0.4) is 0 Å². The third kappa shape index (κ3) is 3.47. The average Bonchev–Trinajstić information content (AvgIpc) is 2.87. The fourth-order valence-corrected chi connectivity index (χ4v) is 2.76. The lowest BCUT2D eigenvalue weighted by atomic mass is 9.96. The number of nitrogens with one attached hydrogen (secondary N) is 1. The smallest absolute Gasteiger partial charge is 0.254 e. The Labute approximate surface area is 131 Å². The van der Waals surface area contributed by atoms with E-state index in [1.807, 2.05) is 39.0 Å². The summed E-state index contributed by atoms with van der Waals surface area (Å²) >= 11 is 0. The van der Waals surface area contributed by atoms with Crippen molar-refractivity contribution in [2.75, 3.05) is 13.1 Å². The Bertz CT molecular complexity index is 551. The molecular formula is C17H25N3O2. The largest absolute Gasteiger partial charge is 0.352 e. The van der Waals surface area contributed by atoms with Crippen molar-refractivity contribution < 1.29 is 9.59 Å². The van der Waals surface area contributed by atoms with Gasteiger partial charge in [0.1, 0.15) is 5.54 Å². The van der Waals surface area contributed by atoms with Gasteiger partial charge in [0.25, 0.3) is 5.91 Å². The molecule has 1 saturated heterocycles. The van der Waals surface area contributed by atoms with E-state index in [0.717, 1.165) is 6.42 Å². The number of rotatable bonds is 4. The number of hydrogen-bond donors (Lipinski definition) is 2. The third-order valence-corrected chi connectivity index (χ3v) is 4.10. The number of carbonyl (C=O) groups is 2. The standard InChI is InChI=1S/C17H25N3O2/c1-16(2,18)12-19-15(22)17(3)10-7-11-20(17)14(21)13-8-5-4-6-9-13/h4-6,8-9H,7,10-12,18H2,1-3H3,(H,19,22). The van der Waals surface area contributed by atoms with Gasteiger partial charge in [0.05, 0.1) is 0 Å². The number of likely N-dealkylation sites (tertiary alicyclic amines) is 1. The lowest BCUT2D eigenvalue weighted by molar-refractivity contribution is -0.130. The quantitative estimate of drug-likeness (QED) is 0.886. The number of benzene rings is 1. The van der Waals surface area contributed by atoms with E-state index in [0.29, 0.717) is 25.1 Å². The summed E-state index contributed by atoms with van der Waals surface area (Å²) in [6.45, 7) is 6.53. The maximum Gasteiger partial charge on any atom is 0.254 e. The summed E-state index contributed by atoms with van der Waals surface area (Å²) in [7, 11) is 0. The SMILES string of the molecule is CC(C)(N)CNC(=O)C1(C)CCCN1C(=O)c1ccccc1. The van der Waals surface area contributed by atoms with Crippen LogP contribution in [0, 0.1) is 0 Å². The first kappa shape index (κ1) is 16.5. The van der Waals surface area contributed by atoms with E-state index in [9.17, 15) is 9.59 Å². The average molecular weight is 303 g/mol. The van der Waals surface area contributed by atoms with E-state index in [-0.39, 0.29) is 11.8 Å². The Hall–Kier alpha value is -1.88. The number of nitrogens with two attached hydrogens (primary N) is 1. The first-order valence-electron chi connectivity index (χ1n) is 7.68. The van der Waals surface area contributed by atoms with E-state index in [2.05, 4.69) is 5.32 Å². The van der Waals surface area contributed by atoms with E-state index in [1.54, 1.807) is 17.0 Å². The van der Waals surface area contributed by atoms with Crippen molar-refractivity contribution in [2.24, 2.45) is 5.73 Å². The zero-order valence-corrected chi connectivity index (χ0v) is 13.6. The summed E-state index contributed by atoms with van der Waals surface area (Å²) in [5, 5.41) is 2.88. The summed E-state index contributed by atoms with van der Waals surface area (Å²) in [4.78, 5) is 27.0. The van der Waals surface area contributed by atoms with Crippen LogP contribution in [0.25, 0.3) is 0 Å². The number of hydrogen-bond acceptors (Lipinski definition) is 3. The highest BCUT2D eigenvalue weighted by atomic mass is 16.2. The molecule has 0 radical (unpaired) electrons. The van der Waals surface area contributed by atoms with E-state index < -0.39 is 11.1 Å². The third-order valence-electron chi connectivity index (χ3n) is 4.10. The predicted octanol–water partition coefficient (Wildman–Crippen LogP) is 1.53. The van der Waals surface area contributed by atoms with E-state index in [4.69, 9.17) is 5.73 Å². The molecule has 0 spiro atoms. The highest BCUT2D eigenvalue weighted by Crippen LogP contribution is 2.30. The lowest BCUT2D eigenvalue weighted by Crippen LogP contribution is -2.58. The van der Waals surface area contributed by atoms with Crippen molar-refractivity contribution in [3.8, 4) is 0 Å². The van der Waals surface area contributed by atoms with Crippen LogP contribution in [0.15, 0.2) is 30.3 Å². The Morgan fingerprint density at radius 3 is 2.55 bits per heavy atom. The molecule has 1 fully saturated rings. The van der Waals surface area contributed by atoms with Crippen molar-refractivity contribution in [1.82, 2.24) is 10.2 Å². The monoisotopic (exact) mass is 303 g/mol. The summed E-state index contributed by atoms with van der Waals surface area (Å²) in [6.07, 6.45) is 1.50. The molecule has 120 valence electrons. The summed E-state index contributed by atoms with van der Waals surface area (Å²) in [6, 6.07) is 9.09. The molecule has 2 rings (SSSR count). The maximum atomic E-state index is 12.7. The zero-order chi connectivity index (χ0) is 16.4. The zero-order valence-electron chi connectivity index (χ0n) is 13.6. The van der Waals surface area contributed by atoms with Gasteiger partial charge in [-0.15, -0.1) is 0 Å². The second-order valence-electron chi connectivity index (χ2n) is 6.87. The predicted molar refractivity (Wildman–Crippen MR) is 86.4 cm³/mol. The van der Waals surface area contributed by atoms with Gasteiger partial charge in [0, 0.05) is 24.2 Å².